The SMILES string of the molecule is COc1ccc(-c2nc3cc(NC(=O)C4(c5ccccc5)CCCC4)ccc3o2)cc1. The molecule has 1 amide bonds. The smallest absolute Gasteiger partial charge is 0.235 e. The van der Waals surface area contributed by atoms with Gasteiger partial charge < -0.3 is 14.5 Å². The zero-order chi connectivity index (χ0) is 21.3. The minimum atomic E-state index is -0.464. The van der Waals surface area contributed by atoms with Crippen LogP contribution in [0.1, 0.15) is 31.2 Å². The number of carbonyl (C=O) groups excluding carboxylic acids is 1. The summed E-state index contributed by atoms with van der Waals surface area (Å²) in [6, 6.07) is 23.3. The van der Waals surface area contributed by atoms with E-state index >= 15 is 0 Å². The molecule has 0 spiro atoms. The van der Waals surface area contributed by atoms with Crippen LogP contribution in [-0.4, -0.2) is 18.0 Å². The Morgan fingerprint density at radius 3 is 2.45 bits per heavy atom. The molecule has 1 saturated carbocycles. The maximum atomic E-state index is 13.4. The third kappa shape index (κ3) is 3.56. The second-order valence-electron chi connectivity index (χ2n) is 8.04. The lowest BCUT2D eigenvalue weighted by molar-refractivity contribution is -0.121. The number of methoxy groups -OCH3 is 1. The third-order valence-corrected chi connectivity index (χ3v) is 6.20. The van der Waals surface area contributed by atoms with Crippen molar-refractivity contribution in [1.82, 2.24) is 4.98 Å². The summed E-state index contributed by atoms with van der Waals surface area (Å²) in [4.78, 5) is 18.0. The van der Waals surface area contributed by atoms with Gasteiger partial charge in [-0.2, -0.15) is 0 Å². The molecule has 0 bridgehead atoms. The van der Waals surface area contributed by atoms with Crippen LogP contribution in [0, 0.1) is 0 Å². The summed E-state index contributed by atoms with van der Waals surface area (Å²) < 4.78 is 11.1. The number of carbonyl (C=O) groups is 1. The Hall–Kier alpha value is -3.60. The molecule has 156 valence electrons. The summed E-state index contributed by atoms with van der Waals surface area (Å²) in [5.41, 5.74) is 3.63. The van der Waals surface area contributed by atoms with Gasteiger partial charge in [0.2, 0.25) is 11.8 Å². The third-order valence-electron chi connectivity index (χ3n) is 6.20. The number of hydrogen-bond acceptors (Lipinski definition) is 4. The standard InChI is InChI=1S/C26H24N2O3/c1-30-21-12-9-18(10-13-21)24-28-22-17-20(11-14-23(22)31-24)27-25(29)26(15-5-6-16-26)19-7-3-2-4-8-19/h2-4,7-14,17H,5-6,15-16H2,1H3,(H,27,29). The van der Waals surface area contributed by atoms with Crippen LogP contribution < -0.4 is 10.1 Å². The van der Waals surface area contributed by atoms with Crippen LogP contribution in [0.15, 0.2) is 77.2 Å². The van der Waals surface area contributed by atoms with Gasteiger partial charge in [-0.05, 0) is 60.9 Å². The van der Waals surface area contributed by atoms with Gasteiger partial charge in [0.05, 0.1) is 12.5 Å². The summed E-state index contributed by atoms with van der Waals surface area (Å²) in [5.74, 6) is 1.37. The van der Waals surface area contributed by atoms with Crippen LogP contribution in [0.25, 0.3) is 22.6 Å². The molecule has 0 aliphatic heterocycles. The van der Waals surface area contributed by atoms with Gasteiger partial charge in [-0.1, -0.05) is 43.2 Å². The maximum Gasteiger partial charge on any atom is 0.235 e. The lowest BCUT2D eigenvalue weighted by Crippen LogP contribution is -2.37. The Labute approximate surface area is 181 Å². The van der Waals surface area contributed by atoms with E-state index < -0.39 is 5.41 Å². The van der Waals surface area contributed by atoms with E-state index in [-0.39, 0.29) is 5.91 Å². The van der Waals surface area contributed by atoms with Gasteiger partial charge in [-0.3, -0.25) is 4.79 Å². The molecule has 0 unspecified atom stereocenters. The minimum Gasteiger partial charge on any atom is -0.497 e. The summed E-state index contributed by atoms with van der Waals surface area (Å²) in [6.45, 7) is 0. The van der Waals surface area contributed by atoms with Crippen molar-refractivity contribution in [2.45, 2.75) is 31.1 Å². The number of nitrogens with zero attached hydrogens (tertiary/aromatic N) is 1. The predicted molar refractivity (Wildman–Crippen MR) is 121 cm³/mol. The highest BCUT2D eigenvalue weighted by atomic mass is 16.5. The Bertz CT molecular complexity index is 1210. The highest BCUT2D eigenvalue weighted by molar-refractivity contribution is 6.00. The van der Waals surface area contributed by atoms with Gasteiger partial charge >= 0.3 is 0 Å². The van der Waals surface area contributed by atoms with E-state index in [9.17, 15) is 4.79 Å². The monoisotopic (exact) mass is 412 g/mol. The number of benzene rings is 3. The number of nitrogens with one attached hydrogen (secondary N) is 1. The van der Waals surface area contributed by atoms with E-state index in [4.69, 9.17) is 9.15 Å². The van der Waals surface area contributed by atoms with E-state index in [1.165, 1.54) is 0 Å². The van der Waals surface area contributed by atoms with E-state index in [0.717, 1.165) is 48.2 Å². The highest BCUT2D eigenvalue weighted by Crippen LogP contribution is 2.42. The fourth-order valence-corrected chi connectivity index (χ4v) is 4.50. The molecule has 3 aromatic carbocycles. The molecule has 1 aliphatic carbocycles. The van der Waals surface area contributed by atoms with Crippen molar-refractivity contribution >= 4 is 22.7 Å². The van der Waals surface area contributed by atoms with Crippen LogP contribution in [0.3, 0.4) is 0 Å². The van der Waals surface area contributed by atoms with Crippen LogP contribution >= 0.6 is 0 Å². The molecular weight excluding hydrogens is 388 g/mol. The van der Waals surface area contributed by atoms with Crippen molar-refractivity contribution in [3.05, 3.63) is 78.4 Å². The molecule has 0 saturated heterocycles. The summed E-state index contributed by atoms with van der Waals surface area (Å²) in [5, 5.41) is 3.14. The summed E-state index contributed by atoms with van der Waals surface area (Å²) >= 11 is 0. The molecule has 5 rings (SSSR count). The highest BCUT2D eigenvalue weighted by Gasteiger charge is 2.42. The van der Waals surface area contributed by atoms with Crippen molar-refractivity contribution in [3.63, 3.8) is 0 Å². The molecular formula is C26H24N2O3. The molecule has 4 aromatic rings. The first-order valence-corrected chi connectivity index (χ1v) is 10.6. The minimum absolute atomic E-state index is 0.0504. The zero-order valence-electron chi connectivity index (χ0n) is 17.4. The Morgan fingerprint density at radius 1 is 1.00 bits per heavy atom. The van der Waals surface area contributed by atoms with E-state index in [2.05, 4.69) is 22.4 Å². The Kier molecular flexibility index (Phi) is 4.94. The van der Waals surface area contributed by atoms with Crippen molar-refractivity contribution in [1.29, 1.82) is 0 Å². The summed E-state index contributed by atoms with van der Waals surface area (Å²) in [6.07, 6.45) is 3.87. The molecule has 5 nitrogen and oxygen atoms in total. The Morgan fingerprint density at radius 2 is 1.74 bits per heavy atom. The van der Waals surface area contributed by atoms with Crippen LogP contribution in [0.5, 0.6) is 5.75 Å². The molecule has 0 radical (unpaired) electrons. The lowest BCUT2D eigenvalue weighted by Gasteiger charge is -2.28. The van der Waals surface area contributed by atoms with Crippen molar-refractivity contribution in [2.24, 2.45) is 0 Å². The molecule has 0 atom stereocenters. The van der Waals surface area contributed by atoms with Gasteiger partial charge in [0.15, 0.2) is 5.58 Å². The number of anilines is 1. The van der Waals surface area contributed by atoms with Crippen LogP contribution in [0.4, 0.5) is 5.69 Å². The van der Waals surface area contributed by atoms with Crippen molar-refractivity contribution < 1.29 is 13.9 Å². The van der Waals surface area contributed by atoms with Gasteiger partial charge in [-0.15, -0.1) is 0 Å². The second-order valence-corrected chi connectivity index (χ2v) is 8.04. The first kappa shape index (κ1) is 19.4. The van der Waals surface area contributed by atoms with Crippen LogP contribution in [-0.2, 0) is 10.2 Å². The molecule has 1 aromatic heterocycles. The quantitative estimate of drug-likeness (QED) is 0.440. The average molecular weight is 412 g/mol. The van der Waals surface area contributed by atoms with E-state index in [1.807, 2.05) is 60.7 Å². The topological polar surface area (TPSA) is 64.4 Å². The molecule has 1 heterocycles. The fraction of sp³-hybridized carbons (Fsp3) is 0.231. The first-order chi connectivity index (χ1) is 15.2. The lowest BCUT2D eigenvalue weighted by atomic mass is 9.78. The van der Waals surface area contributed by atoms with Gasteiger partial charge in [0.1, 0.15) is 11.3 Å². The normalized spacial score (nSPS) is 15.1. The van der Waals surface area contributed by atoms with Gasteiger partial charge in [0.25, 0.3) is 0 Å². The number of oxazole rings is 1. The zero-order valence-corrected chi connectivity index (χ0v) is 17.4. The number of rotatable bonds is 5. The molecule has 1 N–H and O–H groups in total. The molecule has 1 fully saturated rings. The second kappa shape index (κ2) is 7.91. The van der Waals surface area contributed by atoms with E-state index in [0.29, 0.717) is 17.0 Å². The number of fused-ring (bicyclic) bond motifs is 1. The number of aromatic nitrogens is 1. The van der Waals surface area contributed by atoms with Crippen LogP contribution in [0.2, 0.25) is 0 Å². The van der Waals surface area contributed by atoms with Gasteiger partial charge in [-0.25, -0.2) is 4.98 Å². The van der Waals surface area contributed by atoms with E-state index in [1.54, 1.807) is 7.11 Å². The van der Waals surface area contributed by atoms with Crippen molar-refractivity contribution in [2.75, 3.05) is 12.4 Å². The predicted octanol–water partition coefficient (Wildman–Crippen LogP) is 5.95. The maximum absolute atomic E-state index is 13.4. The Balaban J connectivity index is 1.42. The molecule has 31 heavy (non-hydrogen) atoms. The molecule has 5 heteroatoms. The number of hydrogen-bond donors (Lipinski definition) is 1. The fourth-order valence-electron chi connectivity index (χ4n) is 4.50. The number of ether oxygens (including phenoxy) is 1. The largest absolute Gasteiger partial charge is 0.497 e. The van der Waals surface area contributed by atoms with Gasteiger partial charge in [0, 0.05) is 11.3 Å². The number of amides is 1. The summed E-state index contributed by atoms with van der Waals surface area (Å²) in [7, 11) is 1.64. The molecule has 1 aliphatic rings. The van der Waals surface area contributed by atoms with Crippen molar-refractivity contribution in [3.8, 4) is 17.2 Å². The average Bonchev–Trinajstić information content (AvgIpc) is 3.48. The first-order valence-electron chi connectivity index (χ1n) is 10.6.